The first-order chi connectivity index (χ1) is 8.06. The van der Waals surface area contributed by atoms with Gasteiger partial charge >= 0.3 is 0 Å². The van der Waals surface area contributed by atoms with Crippen LogP contribution in [-0.2, 0) is 9.47 Å². The van der Waals surface area contributed by atoms with Crippen LogP contribution in [0.2, 0.25) is 0 Å². The summed E-state index contributed by atoms with van der Waals surface area (Å²) in [7, 11) is 0. The summed E-state index contributed by atoms with van der Waals surface area (Å²) in [5.74, 6) is 0.563. The molecule has 0 saturated heterocycles. The predicted molar refractivity (Wildman–Crippen MR) is 68.8 cm³/mol. The standard InChI is InChI=1S/C13H26N2O2/c1-11(2)10-17-8-7-16-6-5-13(9-14)15-12(3)4/h11-13,15H,5-8,10H2,1-4H3. The number of hydrogen-bond acceptors (Lipinski definition) is 4. The molecule has 0 aliphatic carbocycles. The molecule has 0 aliphatic heterocycles. The summed E-state index contributed by atoms with van der Waals surface area (Å²) < 4.78 is 10.8. The number of nitrogens with one attached hydrogen (secondary N) is 1. The zero-order chi connectivity index (χ0) is 13.1. The molecule has 0 saturated carbocycles. The summed E-state index contributed by atoms with van der Waals surface area (Å²) in [6, 6.07) is 2.44. The van der Waals surface area contributed by atoms with E-state index in [2.05, 4.69) is 25.2 Å². The number of hydrogen-bond donors (Lipinski definition) is 1. The highest BCUT2D eigenvalue weighted by atomic mass is 16.5. The molecule has 0 bridgehead atoms. The Bertz CT molecular complexity index is 212. The van der Waals surface area contributed by atoms with Gasteiger partial charge in [0.15, 0.2) is 0 Å². The maximum Gasteiger partial charge on any atom is 0.0976 e. The highest BCUT2D eigenvalue weighted by molar-refractivity contribution is 4.90. The van der Waals surface area contributed by atoms with E-state index in [1.54, 1.807) is 0 Å². The monoisotopic (exact) mass is 242 g/mol. The zero-order valence-electron chi connectivity index (χ0n) is 11.5. The maximum absolute atomic E-state index is 8.88. The molecule has 17 heavy (non-hydrogen) atoms. The van der Waals surface area contributed by atoms with Crippen molar-refractivity contribution in [1.82, 2.24) is 5.32 Å². The van der Waals surface area contributed by atoms with Gasteiger partial charge in [0.05, 0.1) is 25.3 Å². The fraction of sp³-hybridized carbons (Fsp3) is 0.923. The summed E-state index contributed by atoms with van der Waals surface area (Å²) in [4.78, 5) is 0. The second-order valence-electron chi connectivity index (χ2n) is 4.87. The van der Waals surface area contributed by atoms with E-state index >= 15 is 0 Å². The summed E-state index contributed by atoms with van der Waals surface area (Å²) in [5.41, 5.74) is 0. The molecule has 0 aliphatic rings. The molecule has 4 nitrogen and oxygen atoms in total. The van der Waals surface area contributed by atoms with Crippen LogP contribution in [0.3, 0.4) is 0 Å². The van der Waals surface area contributed by atoms with E-state index in [1.807, 2.05) is 13.8 Å². The Morgan fingerprint density at radius 1 is 1.06 bits per heavy atom. The molecule has 0 fully saturated rings. The van der Waals surface area contributed by atoms with E-state index in [0.717, 1.165) is 13.0 Å². The van der Waals surface area contributed by atoms with Gasteiger partial charge in [0.2, 0.25) is 0 Å². The fourth-order valence-electron chi connectivity index (χ4n) is 1.33. The van der Waals surface area contributed by atoms with Crippen molar-refractivity contribution in [3.8, 4) is 6.07 Å². The molecular weight excluding hydrogens is 216 g/mol. The average molecular weight is 242 g/mol. The van der Waals surface area contributed by atoms with Crippen LogP contribution in [0.25, 0.3) is 0 Å². The second kappa shape index (κ2) is 10.5. The van der Waals surface area contributed by atoms with Crippen molar-refractivity contribution in [3.05, 3.63) is 0 Å². The van der Waals surface area contributed by atoms with E-state index in [1.165, 1.54) is 0 Å². The molecule has 0 aromatic heterocycles. The van der Waals surface area contributed by atoms with Crippen LogP contribution in [0.4, 0.5) is 0 Å². The normalized spacial score (nSPS) is 13.0. The third-order valence-electron chi connectivity index (χ3n) is 2.06. The second-order valence-corrected chi connectivity index (χ2v) is 4.87. The van der Waals surface area contributed by atoms with E-state index in [-0.39, 0.29) is 6.04 Å². The van der Waals surface area contributed by atoms with Crippen LogP contribution in [0, 0.1) is 17.2 Å². The molecule has 0 radical (unpaired) electrons. The topological polar surface area (TPSA) is 54.3 Å². The van der Waals surface area contributed by atoms with E-state index in [9.17, 15) is 0 Å². The van der Waals surface area contributed by atoms with Gasteiger partial charge < -0.3 is 9.47 Å². The van der Waals surface area contributed by atoms with Gasteiger partial charge in [-0.05, 0) is 26.2 Å². The smallest absolute Gasteiger partial charge is 0.0976 e. The Hall–Kier alpha value is -0.630. The lowest BCUT2D eigenvalue weighted by atomic mass is 10.2. The Morgan fingerprint density at radius 3 is 2.24 bits per heavy atom. The third kappa shape index (κ3) is 11.6. The molecule has 0 spiro atoms. The lowest BCUT2D eigenvalue weighted by molar-refractivity contribution is 0.0359. The zero-order valence-corrected chi connectivity index (χ0v) is 11.5. The van der Waals surface area contributed by atoms with Crippen molar-refractivity contribution < 1.29 is 9.47 Å². The lowest BCUT2D eigenvalue weighted by Gasteiger charge is -2.14. The first kappa shape index (κ1) is 16.4. The molecule has 0 amide bonds. The van der Waals surface area contributed by atoms with Crippen molar-refractivity contribution in [3.63, 3.8) is 0 Å². The molecule has 0 heterocycles. The summed E-state index contributed by atoms with van der Waals surface area (Å²) in [6.07, 6.45) is 0.721. The van der Waals surface area contributed by atoms with E-state index in [4.69, 9.17) is 14.7 Å². The number of ether oxygens (including phenoxy) is 2. The largest absolute Gasteiger partial charge is 0.379 e. The van der Waals surface area contributed by atoms with Crippen molar-refractivity contribution in [2.75, 3.05) is 26.4 Å². The van der Waals surface area contributed by atoms with Gasteiger partial charge in [-0.1, -0.05) is 13.8 Å². The van der Waals surface area contributed by atoms with Gasteiger partial charge in [0, 0.05) is 19.3 Å². The van der Waals surface area contributed by atoms with Crippen LogP contribution in [0.5, 0.6) is 0 Å². The van der Waals surface area contributed by atoms with Gasteiger partial charge in [0.25, 0.3) is 0 Å². The minimum Gasteiger partial charge on any atom is -0.379 e. The Morgan fingerprint density at radius 2 is 1.71 bits per heavy atom. The molecule has 1 atom stereocenters. The first-order valence-corrected chi connectivity index (χ1v) is 6.37. The van der Waals surface area contributed by atoms with Gasteiger partial charge in [0.1, 0.15) is 0 Å². The maximum atomic E-state index is 8.88. The molecule has 1 N–H and O–H groups in total. The Balaban J connectivity index is 3.35. The van der Waals surface area contributed by atoms with Gasteiger partial charge in [-0.2, -0.15) is 5.26 Å². The van der Waals surface area contributed by atoms with Crippen LogP contribution in [0.15, 0.2) is 0 Å². The molecular formula is C13H26N2O2. The first-order valence-electron chi connectivity index (χ1n) is 6.37. The van der Waals surface area contributed by atoms with Gasteiger partial charge in [-0.25, -0.2) is 0 Å². The van der Waals surface area contributed by atoms with Crippen molar-refractivity contribution in [1.29, 1.82) is 5.26 Å². The van der Waals surface area contributed by atoms with Crippen LogP contribution >= 0.6 is 0 Å². The quantitative estimate of drug-likeness (QED) is 0.595. The van der Waals surface area contributed by atoms with Gasteiger partial charge in [-0.3, -0.25) is 5.32 Å². The van der Waals surface area contributed by atoms with E-state index in [0.29, 0.717) is 31.8 Å². The van der Waals surface area contributed by atoms with Crippen LogP contribution in [-0.4, -0.2) is 38.5 Å². The fourth-order valence-corrected chi connectivity index (χ4v) is 1.33. The molecule has 0 rings (SSSR count). The van der Waals surface area contributed by atoms with Gasteiger partial charge in [-0.15, -0.1) is 0 Å². The van der Waals surface area contributed by atoms with Crippen LogP contribution in [0.1, 0.15) is 34.1 Å². The molecule has 0 aromatic rings. The molecule has 4 heteroatoms. The Kier molecular flexibility index (Phi) is 10.1. The summed E-state index contributed by atoms with van der Waals surface area (Å²) in [5, 5.41) is 12.1. The average Bonchev–Trinajstić information content (AvgIpc) is 2.25. The number of rotatable bonds is 10. The summed E-state index contributed by atoms with van der Waals surface area (Å²) in [6.45, 7) is 10.9. The van der Waals surface area contributed by atoms with Crippen molar-refractivity contribution in [2.24, 2.45) is 5.92 Å². The minimum absolute atomic E-state index is 0.119. The highest BCUT2D eigenvalue weighted by Crippen LogP contribution is 1.95. The number of nitrogens with zero attached hydrogens (tertiary/aromatic N) is 1. The lowest BCUT2D eigenvalue weighted by Crippen LogP contribution is -2.34. The van der Waals surface area contributed by atoms with E-state index < -0.39 is 0 Å². The minimum atomic E-state index is -0.119. The van der Waals surface area contributed by atoms with Crippen LogP contribution < -0.4 is 5.32 Å². The Labute approximate surface area is 105 Å². The molecule has 100 valence electrons. The predicted octanol–water partition coefficient (Wildman–Crippen LogP) is 1.96. The third-order valence-corrected chi connectivity index (χ3v) is 2.06. The molecule has 0 aromatic carbocycles. The SMILES string of the molecule is CC(C)COCCOCCC(C#N)NC(C)C. The summed E-state index contributed by atoms with van der Waals surface area (Å²) >= 11 is 0. The van der Waals surface area contributed by atoms with Crippen molar-refractivity contribution >= 4 is 0 Å². The van der Waals surface area contributed by atoms with Crippen molar-refractivity contribution in [2.45, 2.75) is 46.2 Å². The molecule has 1 unspecified atom stereocenters. The highest BCUT2D eigenvalue weighted by Gasteiger charge is 2.07. The number of nitriles is 1.